The third-order valence-electron chi connectivity index (χ3n) is 5.46. The minimum absolute atomic E-state index is 0.230. The normalized spacial score (nSPS) is 14.6. The van der Waals surface area contributed by atoms with Crippen molar-refractivity contribution in [3.8, 4) is 23.3 Å². The average Bonchev–Trinajstić information content (AvgIpc) is 2.86. The van der Waals surface area contributed by atoms with Crippen molar-refractivity contribution in [3.63, 3.8) is 0 Å². The van der Waals surface area contributed by atoms with Crippen LogP contribution in [-0.2, 0) is 17.8 Å². The van der Waals surface area contributed by atoms with Crippen LogP contribution in [0.15, 0.2) is 72.8 Å². The van der Waals surface area contributed by atoms with Crippen LogP contribution in [0.25, 0.3) is 0 Å². The molecule has 1 heterocycles. The van der Waals surface area contributed by atoms with Crippen LogP contribution >= 0.6 is 0 Å². The number of methoxy groups -OCH3 is 2. The predicted molar refractivity (Wildman–Crippen MR) is 123 cm³/mol. The van der Waals surface area contributed by atoms with Gasteiger partial charge in [-0.3, -0.25) is 4.90 Å². The number of benzene rings is 3. The van der Waals surface area contributed by atoms with Crippen LogP contribution in [0.1, 0.15) is 28.3 Å². The molecule has 0 aromatic heterocycles. The van der Waals surface area contributed by atoms with Gasteiger partial charge in [-0.15, -0.1) is 0 Å². The second kappa shape index (κ2) is 9.93. The molecular weight excluding hydrogens is 402 g/mol. The molecule has 0 spiro atoms. The molecular formula is C27H25NO4. The maximum absolute atomic E-state index is 13.0. The average molecular weight is 428 g/mol. The molecule has 0 N–H and O–H groups in total. The molecule has 1 atom stereocenters. The zero-order valence-corrected chi connectivity index (χ0v) is 18.2. The lowest BCUT2D eigenvalue weighted by Crippen LogP contribution is -2.39. The highest BCUT2D eigenvalue weighted by Gasteiger charge is 2.30. The van der Waals surface area contributed by atoms with Gasteiger partial charge in [0.1, 0.15) is 12.6 Å². The Morgan fingerprint density at radius 2 is 1.72 bits per heavy atom. The van der Waals surface area contributed by atoms with Crippen LogP contribution in [0.4, 0.5) is 4.79 Å². The number of hydrogen-bond donors (Lipinski definition) is 0. The third kappa shape index (κ3) is 4.70. The van der Waals surface area contributed by atoms with Crippen molar-refractivity contribution in [2.45, 2.75) is 19.1 Å². The summed E-state index contributed by atoms with van der Waals surface area (Å²) in [5.41, 5.74) is 3.96. The Kier molecular flexibility index (Phi) is 6.62. The quantitative estimate of drug-likeness (QED) is 0.551. The molecule has 3 aromatic carbocycles. The summed E-state index contributed by atoms with van der Waals surface area (Å²) in [7, 11) is 3.19. The maximum atomic E-state index is 13.0. The fourth-order valence-electron chi connectivity index (χ4n) is 3.79. The molecule has 4 rings (SSSR count). The second-order valence-corrected chi connectivity index (χ2v) is 7.42. The van der Waals surface area contributed by atoms with Gasteiger partial charge >= 0.3 is 6.09 Å². The summed E-state index contributed by atoms with van der Waals surface area (Å²) in [6.07, 6.45) is 0.403. The fourth-order valence-corrected chi connectivity index (χ4v) is 3.79. The van der Waals surface area contributed by atoms with Gasteiger partial charge in [-0.05, 0) is 41.3 Å². The number of amides is 1. The van der Waals surface area contributed by atoms with Gasteiger partial charge < -0.3 is 14.2 Å². The molecule has 5 heteroatoms. The Bertz CT molecular complexity index is 1150. The standard InChI is InChI=1S/C27H25NO4/c1-30-25-15-13-20(18-26(25)31-2)12-14-24-23-11-7-6-10-22(23)16-17-28(24)27(29)32-19-21-8-4-3-5-9-21/h3-11,13,15,18,24H,16-17,19H2,1-2H3/t24-/m0/s1. The van der Waals surface area contributed by atoms with Crippen LogP contribution < -0.4 is 9.47 Å². The highest BCUT2D eigenvalue weighted by molar-refractivity contribution is 5.70. The van der Waals surface area contributed by atoms with Crippen molar-refractivity contribution in [2.24, 2.45) is 0 Å². The number of carbonyl (C=O) groups is 1. The van der Waals surface area contributed by atoms with Gasteiger partial charge in [0.15, 0.2) is 11.5 Å². The lowest BCUT2D eigenvalue weighted by molar-refractivity contribution is 0.0862. The Balaban J connectivity index is 1.60. The van der Waals surface area contributed by atoms with E-state index in [2.05, 4.69) is 17.9 Å². The first-order chi connectivity index (χ1) is 15.7. The van der Waals surface area contributed by atoms with Crippen molar-refractivity contribution in [2.75, 3.05) is 20.8 Å². The molecule has 0 saturated carbocycles. The Morgan fingerprint density at radius 1 is 0.969 bits per heavy atom. The number of carbonyl (C=O) groups excluding carboxylic acids is 1. The van der Waals surface area contributed by atoms with Crippen molar-refractivity contribution in [3.05, 3.63) is 95.1 Å². The van der Waals surface area contributed by atoms with E-state index in [1.165, 1.54) is 5.56 Å². The Labute approximate surface area is 188 Å². The monoisotopic (exact) mass is 427 g/mol. The van der Waals surface area contributed by atoms with E-state index in [9.17, 15) is 4.79 Å². The highest BCUT2D eigenvalue weighted by atomic mass is 16.6. The summed E-state index contributed by atoms with van der Waals surface area (Å²) in [4.78, 5) is 14.7. The van der Waals surface area contributed by atoms with E-state index in [0.29, 0.717) is 18.0 Å². The first-order valence-corrected chi connectivity index (χ1v) is 10.5. The van der Waals surface area contributed by atoms with E-state index in [-0.39, 0.29) is 12.7 Å². The summed E-state index contributed by atoms with van der Waals surface area (Å²) in [5, 5.41) is 0. The van der Waals surface area contributed by atoms with Crippen LogP contribution in [0.3, 0.4) is 0 Å². The van der Waals surface area contributed by atoms with Crippen molar-refractivity contribution in [1.82, 2.24) is 4.90 Å². The predicted octanol–water partition coefficient (Wildman–Crippen LogP) is 4.99. The number of ether oxygens (including phenoxy) is 3. The van der Waals surface area contributed by atoms with Gasteiger partial charge in [-0.2, -0.15) is 0 Å². The molecule has 1 aliphatic rings. The summed E-state index contributed by atoms with van der Waals surface area (Å²) in [6.45, 7) is 0.781. The van der Waals surface area contributed by atoms with Crippen LogP contribution in [-0.4, -0.2) is 31.8 Å². The molecule has 0 aliphatic carbocycles. The highest BCUT2D eigenvalue weighted by Crippen LogP contribution is 2.31. The molecule has 0 unspecified atom stereocenters. The molecule has 0 radical (unpaired) electrons. The zero-order chi connectivity index (χ0) is 22.3. The number of hydrogen-bond acceptors (Lipinski definition) is 4. The first-order valence-electron chi connectivity index (χ1n) is 10.5. The summed E-state index contributed by atoms with van der Waals surface area (Å²) in [5.74, 6) is 7.75. The summed E-state index contributed by atoms with van der Waals surface area (Å²) in [6, 6.07) is 22.9. The minimum atomic E-state index is -0.392. The van der Waals surface area contributed by atoms with Gasteiger partial charge in [-0.25, -0.2) is 4.79 Å². The minimum Gasteiger partial charge on any atom is -0.493 e. The lowest BCUT2D eigenvalue weighted by atomic mass is 9.93. The Hall–Kier alpha value is -3.91. The van der Waals surface area contributed by atoms with E-state index in [4.69, 9.17) is 14.2 Å². The van der Waals surface area contributed by atoms with E-state index < -0.39 is 6.04 Å². The number of nitrogens with zero attached hydrogens (tertiary/aromatic N) is 1. The summed E-state index contributed by atoms with van der Waals surface area (Å²) >= 11 is 0. The van der Waals surface area contributed by atoms with Crippen LogP contribution in [0.2, 0.25) is 0 Å². The van der Waals surface area contributed by atoms with Gasteiger partial charge in [0, 0.05) is 12.1 Å². The molecule has 1 aliphatic heterocycles. The van der Waals surface area contributed by atoms with Crippen molar-refractivity contribution >= 4 is 6.09 Å². The third-order valence-corrected chi connectivity index (χ3v) is 5.46. The number of fused-ring (bicyclic) bond motifs is 1. The van der Waals surface area contributed by atoms with Gasteiger partial charge in [0.2, 0.25) is 0 Å². The summed E-state index contributed by atoms with van der Waals surface area (Å²) < 4.78 is 16.3. The van der Waals surface area contributed by atoms with E-state index in [0.717, 1.165) is 23.1 Å². The molecule has 162 valence electrons. The smallest absolute Gasteiger partial charge is 0.411 e. The van der Waals surface area contributed by atoms with Gasteiger partial charge in [0.25, 0.3) is 0 Å². The molecule has 0 fully saturated rings. The molecule has 3 aromatic rings. The molecule has 32 heavy (non-hydrogen) atoms. The Morgan fingerprint density at radius 3 is 2.50 bits per heavy atom. The van der Waals surface area contributed by atoms with Crippen molar-refractivity contribution < 1.29 is 19.0 Å². The van der Waals surface area contributed by atoms with E-state index >= 15 is 0 Å². The molecule has 1 amide bonds. The second-order valence-electron chi connectivity index (χ2n) is 7.42. The van der Waals surface area contributed by atoms with Gasteiger partial charge in [-0.1, -0.05) is 66.4 Å². The number of rotatable bonds is 4. The maximum Gasteiger partial charge on any atom is 0.411 e. The largest absolute Gasteiger partial charge is 0.493 e. The first kappa shape index (κ1) is 21.3. The van der Waals surface area contributed by atoms with Crippen LogP contribution in [0.5, 0.6) is 11.5 Å². The molecule has 0 bridgehead atoms. The SMILES string of the molecule is COc1ccc(C#C[C@H]2c3ccccc3CCN2C(=O)OCc2ccccc2)cc1OC. The van der Waals surface area contributed by atoms with Crippen LogP contribution in [0, 0.1) is 11.8 Å². The van der Waals surface area contributed by atoms with Gasteiger partial charge in [0.05, 0.1) is 14.2 Å². The lowest BCUT2D eigenvalue weighted by Gasteiger charge is -2.33. The molecule has 0 saturated heterocycles. The fraction of sp³-hybridized carbons (Fsp3) is 0.222. The topological polar surface area (TPSA) is 48.0 Å². The van der Waals surface area contributed by atoms with E-state index in [1.54, 1.807) is 19.1 Å². The van der Waals surface area contributed by atoms with Crippen molar-refractivity contribution in [1.29, 1.82) is 0 Å². The van der Waals surface area contributed by atoms with E-state index in [1.807, 2.05) is 66.7 Å². The molecule has 5 nitrogen and oxygen atoms in total. The zero-order valence-electron chi connectivity index (χ0n) is 18.2.